The molecule has 3 rings (SSSR count). The lowest BCUT2D eigenvalue weighted by molar-refractivity contribution is 0.149. The van der Waals surface area contributed by atoms with Gasteiger partial charge in [-0.3, -0.25) is 4.98 Å². The molecule has 1 aliphatic rings. The number of aromatic nitrogens is 1. The molecular weight excluding hydrogens is 345 g/mol. The normalized spacial score (nSPS) is 17.2. The molecule has 1 aromatic carbocycles. The molecule has 2 heterocycles. The SMILES string of the molecule is COCCN1C=C(c2ccc(Cl)c(Cl)c2)C(Cc2ccccn2)N1. The number of hydrogen-bond acceptors (Lipinski definition) is 4. The first kappa shape index (κ1) is 17.2. The van der Waals surface area contributed by atoms with Crippen LogP contribution in [0.25, 0.3) is 5.57 Å². The van der Waals surface area contributed by atoms with Gasteiger partial charge in [-0.25, -0.2) is 5.43 Å². The van der Waals surface area contributed by atoms with Crippen molar-refractivity contribution < 1.29 is 4.74 Å². The van der Waals surface area contributed by atoms with Gasteiger partial charge < -0.3 is 9.75 Å². The van der Waals surface area contributed by atoms with Crippen molar-refractivity contribution in [1.29, 1.82) is 0 Å². The van der Waals surface area contributed by atoms with Crippen molar-refractivity contribution in [2.45, 2.75) is 12.5 Å². The van der Waals surface area contributed by atoms with Crippen LogP contribution in [0.15, 0.2) is 48.8 Å². The molecule has 1 atom stereocenters. The Kier molecular flexibility index (Phi) is 5.74. The first-order valence-corrected chi connectivity index (χ1v) is 8.52. The van der Waals surface area contributed by atoms with Crippen molar-refractivity contribution >= 4 is 28.8 Å². The third-order valence-corrected chi connectivity index (χ3v) is 4.66. The minimum absolute atomic E-state index is 0.119. The number of benzene rings is 1. The summed E-state index contributed by atoms with van der Waals surface area (Å²) in [5.74, 6) is 0. The van der Waals surface area contributed by atoms with E-state index >= 15 is 0 Å². The number of ether oxygens (including phenoxy) is 1. The van der Waals surface area contributed by atoms with Crippen LogP contribution < -0.4 is 5.43 Å². The molecule has 0 radical (unpaired) electrons. The van der Waals surface area contributed by atoms with Gasteiger partial charge in [0.1, 0.15) is 0 Å². The Bertz CT molecular complexity index is 721. The Morgan fingerprint density at radius 3 is 2.79 bits per heavy atom. The van der Waals surface area contributed by atoms with Gasteiger partial charge in [-0.05, 0) is 35.4 Å². The monoisotopic (exact) mass is 363 g/mol. The van der Waals surface area contributed by atoms with Crippen LogP contribution >= 0.6 is 23.2 Å². The lowest BCUT2D eigenvalue weighted by Crippen LogP contribution is -2.39. The molecule has 0 amide bonds. The van der Waals surface area contributed by atoms with Crippen molar-refractivity contribution in [3.63, 3.8) is 0 Å². The second kappa shape index (κ2) is 7.99. The number of pyridine rings is 1. The van der Waals surface area contributed by atoms with Gasteiger partial charge in [0.25, 0.3) is 0 Å². The second-order valence-electron chi connectivity index (χ2n) is 5.61. The molecule has 1 aliphatic heterocycles. The predicted octanol–water partition coefficient (Wildman–Crippen LogP) is 3.81. The maximum atomic E-state index is 6.19. The highest BCUT2D eigenvalue weighted by molar-refractivity contribution is 6.42. The predicted molar refractivity (Wildman–Crippen MR) is 97.9 cm³/mol. The Morgan fingerprint density at radius 1 is 1.21 bits per heavy atom. The molecule has 6 heteroatoms. The number of methoxy groups -OCH3 is 1. The van der Waals surface area contributed by atoms with E-state index in [2.05, 4.69) is 21.6 Å². The topological polar surface area (TPSA) is 37.4 Å². The van der Waals surface area contributed by atoms with Gasteiger partial charge in [-0.1, -0.05) is 35.3 Å². The van der Waals surface area contributed by atoms with E-state index in [-0.39, 0.29) is 6.04 Å². The molecule has 1 aromatic heterocycles. The van der Waals surface area contributed by atoms with E-state index in [1.54, 1.807) is 7.11 Å². The first-order valence-electron chi connectivity index (χ1n) is 7.76. The lowest BCUT2D eigenvalue weighted by atomic mass is 9.97. The summed E-state index contributed by atoms with van der Waals surface area (Å²) in [5.41, 5.74) is 6.75. The molecule has 4 nitrogen and oxygen atoms in total. The van der Waals surface area contributed by atoms with E-state index in [9.17, 15) is 0 Å². The number of hydrazine groups is 1. The van der Waals surface area contributed by atoms with Crippen LogP contribution in [0.1, 0.15) is 11.3 Å². The van der Waals surface area contributed by atoms with Crippen molar-refractivity contribution in [2.75, 3.05) is 20.3 Å². The minimum Gasteiger partial charge on any atom is -0.383 e. The van der Waals surface area contributed by atoms with E-state index in [0.29, 0.717) is 16.7 Å². The fourth-order valence-electron chi connectivity index (χ4n) is 2.72. The first-order chi connectivity index (χ1) is 11.7. The fraction of sp³-hybridized carbons (Fsp3) is 0.278. The third kappa shape index (κ3) is 4.08. The van der Waals surface area contributed by atoms with Crippen molar-refractivity contribution in [3.8, 4) is 0 Å². The van der Waals surface area contributed by atoms with Gasteiger partial charge in [0, 0.05) is 31.6 Å². The van der Waals surface area contributed by atoms with Crippen LogP contribution in [0, 0.1) is 0 Å². The van der Waals surface area contributed by atoms with Crippen molar-refractivity contribution in [2.24, 2.45) is 0 Å². The van der Waals surface area contributed by atoms with Crippen LogP contribution in [-0.4, -0.2) is 36.3 Å². The molecule has 126 valence electrons. The van der Waals surface area contributed by atoms with E-state index in [4.69, 9.17) is 27.9 Å². The van der Waals surface area contributed by atoms with Gasteiger partial charge in [0.2, 0.25) is 0 Å². The van der Waals surface area contributed by atoms with E-state index < -0.39 is 0 Å². The standard InChI is InChI=1S/C18H19Cl2N3O/c1-24-9-8-23-12-15(13-5-6-16(19)17(20)10-13)18(22-23)11-14-4-2-3-7-21-14/h2-7,10,12,18,22H,8-9,11H2,1H3. The van der Waals surface area contributed by atoms with Crippen LogP contribution in [0.3, 0.4) is 0 Å². The quantitative estimate of drug-likeness (QED) is 0.846. The molecule has 0 saturated carbocycles. The van der Waals surface area contributed by atoms with E-state index in [0.717, 1.165) is 29.8 Å². The summed E-state index contributed by atoms with van der Waals surface area (Å²) in [4.78, 5) is 4.43. The largest absolute Gasteiger partial charge is 0.383 e. The van der Waals surface area contributed by atoms with Gasteiger partial charge in [0.05, 0.1) is 29.2 Å². The van der Waals surface area contributed by atoms with Crippen molar-refractivity contribution in [1.82, 2.24) is 15.4 Å². The molecule has 0 bridgehead atoms. The summed E-state index contributed by atoms with van der Waals surface area (Å²) in [5, 5.41) is 3.17. The highest BCUT2D eigenvalue weighted by Crippen LogP contribution is 2.31. The number of hydrogen-bond donors (Lipinski definition) is 1. The average molecular weight is 364 g/mol. The molecule has 0 aliphatic carbocycles. The number of nitrogens with one attached hydrogen (secondary N) is 1. The molecule has 1 unspecified atom stereocenters. The smallest absolute Gasteiger partial charge is 0.0653 e. The Hall–Kier alpha value is -1.59. The molecule has 1 N–H and O–H groups in total. The van der Waals surface area contributed by atoms with Gasteiger partial charge in [0.15, 0.2) is 0 Å². The summed E-state index contributed by atoms with van der Waals surface area (Å²) < 4.78 is 5.17. The summed E-state index contributed by atoms with van der Waals surface area (Å²) in [7, 11) is 1.70. The highest BCUT2D eigenvalue weighted by Gasteiger charge is 2.25. The zero-order valence-electron chi connectivity index (χ0n) is 13.4. The van der Waals surface area contributed by atoms with Crippen LogP contribution in [0.5, 0.6) is 0 Å². The van der Waals surface area contributed by atoms with Crippen LogP contribution in [0.2, 0.25) is 10.0 Å². The zero-order valence-corrected chi connectivity index (χ0v) is 14.9. The zero-order chi connectivity index (χ0) is 16.9. The molecule has 0 fully saturated rings. The molecule has 0 spiro atoms. The van der Waals surface area contributed by atoms with Gasteiger partial charge in [-0.2, -0.15) is 0 Å². The summed E-state index contributed by atoms with van der Waals surface area (Å²) in [6.07, 6.45) is 4.71. The van der Waals surface area contributed by atoms with E-state index in [1.165, 1.54) is 0 Å². The fourth-order valence-corrected chi connectivity index (χ4v) is 3.02. The maximum Gasteiger partial charge on any atom is 0.0653 e. The molecule has 24 heavy (non-hydrogen) atoms. The van der Waals surface area contributed by atoms with Crippen molar-refractivity contribution in [3.05, 3.63) is 70.1 Å². The average Bonchev–Trinajstić information content (AvgIpc) is 2.99. The summed E-state index contributed by atoms with van der Waals surface area (Å²) in [6, 6.07) is 11.8. The van der Waals surface area contributed by atoms with Crippen LogP contribution in [0.4, 0.5) is 0 Å². The Balaban J connectivity index is 1.85. The summed E-state index contributed by atoms with van der Waals surface area (Å²) >= 11 is 12.2. The molecule has 2 aromatic rings. The minimum atomic E-state index is 0.119. The highest BCUT2D eigenvalue weighted by atomic mass is 35.5. The molecular formula is C18H19Cl2N3O. The summed E-state index contributed by atoms with van der Waals surface area (Å²) in [6.45, 7) is 1.41. The van der Waals surface area contributed by atoms with Gasteiger partial charge in [-0.15, -0.1) is 0 Å². The number of rotatable bonds is 6. The van der Waals surface area contributed by atoms with Crippen LogP contribution in [-0.2, 0) is 11.2 Å². The second-order valence-corrected chi connectivity index (χ2v) is 6.42. The Labute approximate surface area is 152 Å². The van der Waals surface area contributed by atoms with E-state index in [1.807, 2.05) is 42.6 Å². The number of halogens is 2. The molecule has 0 saturated heterocycles. The number of nitrogens with zero attached hydrogens (tertiary/aromatic N) is 2. The Morgan fingerprint density at radius 2 is 2.08 bits per heavy atom. The lowest BCUT2D eigenvalue weighted by Gasteiger charge is -2.20. The van der Waals surface area contributed by atoms with Gasteiger partial charge >= 0.3 is 0 Å². The third-order valence-electron chi connectivity index (χ3n) is 3.92. The maximum absolute atomic E-state index is 6.19.